The average Bonchev–Trinajstić information content (AvgIpc) is 2.98. The van der Waals surface area contributed by atoms with E-state index in [1.807, 2.05) is 25.7 Å². The predicted molar refractivity (Wildman–Crippen MR) is 79.2 cm³/mol. The summed E-state index contributed by atoms with van der Waals surface area (Å²) in [6.07, 6.45) is 4.60. The molecule has 1 aromatic rings. The number of H-pyrrole nitrogens is 1. The molecule has 1 amide bonds. The van der Waals surface area contributed by atoms with E-state index in [0.29, 0.717) is 17.3 Å². The molecule has 0 spiro atoms. The number of carbonyl (C=O) groups excluding carboxylic acids is 2. The molecule has 0 unspecified atom stereocenters. The number of aromatic amines is 1. The van der Waals surface area contributed by atoms with Crippen LogP contribution in [0.2, 0.25) is 0 Å². The van der Waals surface area contributed by atoms with E-state index in [9.17, 15) is 9.59 Å². The van der Waals surface area contributed by atoms with Crippen molar-refractivity contribution in [1.82, 2.24) is 9.88 Å². The number of ketones is 1. The number of amides is 1. The Morgan fingerprint density at radius 1 is 1.25 bits per heavy atom. The summed E-state index contributed by atoms with van der Waals surface area (Å²) in [6, 6.07) is 0.358. The number of nitrogens with one attached hydrogen (secondary N) is 1. The Morgan fingerprint density at radius 3 is 2.30 bits per heavy atom. The molecule has 1 N–H and O–H groups in total. The molecule has 0 aromatic carbocycles. The molecule has 1 aliphatic carbocycles. The van der Waals surface area contributed by atoms with Crippen molar-refractivity contribution in [2.24, 2.45) is 0 Å². The van der Waals surface area contributed by atoms with Gasteiger partial charge in [0.15, 0.2) is 5.78 Å². The summed E-state index contributed by atoms with van der Waals surface area (Å²) in [5.41, 5.74) is 2.83. The van der Waals surface area contributed by atoms with Gasteiger partial charge in [0.25, 0.3) is 5.91 Å². The van der Waals surface area contributed by atoms with E-state index in [2.05, 4.69) is 4.98 Å². The highest BCUT2D eigenvalue weighted by Crippen LogP contribution is 2.26. The molecular formula is C16H24N2O2. The Bertz CT molecular complexity index is 525. The lowest BCUT2D eigenvalue weighted by Gasteiger charge is -2.27. The lowest BCUT2D eigenvalue weighted by atomic mass is 10.1. The predicted octanol–water partition coefficient (Wildman–Crippen LogP) is 3.24. The van der Waals surface area contributed by atoms with Crippen molar-refractivity contribution < 1.29 is 9.59 Å². The molecule has 0 aliphatic heterocycles. The normalized spacial score (nSPS) is 15.6. The molecule has 20 heavy (non-hydrogen) atoms. The fourth-order valence-corrected chi connectivity index (χ4v) is 3.42. The Kier molecular flexibility index (Phi) is 4.31. The second kappa shape index (κ2) is 5.81. The summed E-state index contributed by atoms with van der Waals surface area (Å²) in [6.45, 7) is 8.00. The summed E-state index contributed by atoms with van der Waals surface area (Å²) in [4.78, 5) is 29.5. The maximum Gasteiger partial charge on any atom is 0.270 e. The average molecular weight is 276 g/mol. The van der Waals surface area contributed by atoms with Crippen LogP contribution in [0.1, 0.15) is 71.6 Å². The van der Waals surface area contributed by atoms with Crippen LogP contribution in [-0.4, -0.2) is 34.2 Å². The van der Waals surface area contributed by atoms with E-state index in [-0.39, 0.29) is 11.7 Å². The van der Waals surface area contributed by atoms with Gasteiger partial charge in [-0.15, -0.1) is 0 Å². The van der Waals surface area contributed by atoms with E-state index in [0.717, 1.165) is 30.6 Å². The maximum atomic E-state index is 12.8. The summed E-state index contributed by atoms with van der Waals surface area (Å²) in [5, 5.41) is 0. The Balaban J connectivity index is 2.32. The highest BCUT2D eigenvalue weighted by Gasteiger charge is 2.29. The number of rotatable bonds is 4. The van der Waals surface area contributed by atoms with Gasteiger partial charge in [-0.2, -0.15) is 0 Å². The van der Waals surface area contributed by atoms with Crippen LogP contribution in [0.4, 0.5) is 0 Å². The second-order valence-corrected chi connectivity index (χ2v) is 5.71. The standard InChI is InChI=1S/C16H24N2O2/c1-5-18(13-8-6-7-9-13)16(20)15-10(2)14(12(4)19)11(3)17-15/h13,17H,5-9H2,1-4H3. The summed E-state index contributed by atoms with van der Waals surface area (Å²) < 4.78 is 0. The van der Waals surface area contributed by atoms with Gasteiger partial charge >= 0.3 is 0 Å². The molecule has 1 aromatic heterocycles. The van der Waals surface area contributed by atoms with Gasteiger partial charge in [0.2, 0.25) is 0 Å². The SMILES string of the molecule is CCN(C(=O)c1[nH]c(C)c(C(C)=O)c1C)C1CCCC1. The van der Waals surface area contributed by atoms with Gasteiger partial charge in [-0.3, -0.25) is 9.59 Å². The number of aryl methyl sites for hydroxylation is 1. The van der Waals surface area contributed by atoms with E-state index in [1.165, 1.54) is 12.8 Å². The zero-order chi connectivity index (χ0) is 14.9. The summed E-state index contributed by atoms with van der Waals surface area (Å²) >= 11 is 0. The van der Waals surface area contributed by atoms with Gasteiger partial charge in [0.05, 0.1) is 0 Å². The Hall–Kier alpha value is -1.58. The monoisotopic (exact) mass is 276 g/mol. The van der Waals surface area contributed by atoms with E-state index < -0.39 is 0 Å². The number of hydrogen-bond acceptors (Lipinski definition) is 2. The molecule has 1 fully saturated rings. The number of nitrogens with zero attached hydrogens (tertiary/aromatic N) is 1. The molecule has 1 heterocycles. The maximum absolute atomic E-state index is 12.8. The van der Waals surface area contributed by atoms with E-state index in [4.69, 9.17) is 0 Å². The zero-order valence-corrected chi connectivity index (χ0v) is 12.9. The highest BCUT2D eigenvalue weighted by molar-refractivity contribution is 6.02. The Labute approximate surface area is 120 Å². The minimum atomic E-state index is 0.0132. The van der Waals surface area contributed by atoms with E-state index in [1.54, 1.807) is 6.92 Å². The molecule has 110 valence electrons. The van der Waals surface area contributed by atoms with Crippen LogP contribution in [-0.2, 0) is 0 Å². The Morgan fingerprint density at radius 2 is 1.85 bits per heavy atom. The highest BCUT2D eigenvalue weighted by atomic mass is 16.2. The van der Waals surface area contributed by atoms with Gasteiger partial charge in [-0.1, -0.05) is 12.8 Å². The minimum Gasteiger partial charge on any atom is -0.354 e. The van der Waals surface area contributed by atoms with Gasteiger partial charge in [-0.05, 0) is 46.1 Å². The zero-order valence-electron chi connectivity index (χ0n) is 12.9. The van der Waals surface area contributed by atoms with Crippen molar-refractivity contribution in [2.45, 2.75) is 59.4 Å². The summed E-state index contributed by atoms with van der Waals surface area (Å²) in [5.74, 6) is 0.0479. The molecule has 1 saturated carbocycles. The van der Waals surface area contributed by atoms with Gasteiger partial charge in [-0.25, -0.2) is 0 Å². The molecule has 0 radical (unpaired) electrons. The van der Waals surface area contributed by atoms with Crippen molar-refractivity contribution in [2.75, 3.05) is 6.54 Å². The van der Waals surface area contributed by atoms with E-state index >= 15 is 0 Å². The van der Waals surface area contributed by atoms with Crippen LogP contribution >= 0.6 is 0 Å². The van der Waals surface area contributed by atoms with Gasteiger partial charge in [0.1, 0.15) is 5.69 Å². The first kappa shape index (κ1) is 14.8. The van der Waals surface area contributed by atoms with Gasteiger partial charge < -0.3 is 9.88 Å². The third-order valence-corrected chi connectivity index (χ3v) is 4.37. The molecule has 0 saturated heterocycles. The van der Waals surface area contributed by atoms with Crippen molar-refractivity contribution in [1.29, 1.82) is 0 Å². The minimum absolute atomic E-state index is 0.0132. The first-order valence-corrected chi connectivity index (χ1v) is 7.48. The third-order valence-electron chi connectivity index (χ3n) is 4.37. The van der Waals surface area contributed by atoms with Crippen molar-refractivity contribution in [3.63, 3.8) is 0 Å². The number of carbonyl (C=O) groups is 2. The first-order valence-electron chi connectivity index (χ1n) is 7.48. The molecule has 0 bridgehead atoms. The quantitative estimate of drug-likeness (QED) is 0.858. The second-order valence-electron chi connectivity index (χ2n) is 5.71. The van der Waals surface area contributed by atoms with Gasteiger partial charge in [0, 0.05) is 23.8 Å². The van der Waals surface area contributed by atoms with Crippen molar-refractivity contribution in [3.8, 4) is 0 Å². The van der Waals surface area contributed by atoms with Crippen molar-refractivity contribution in [3.05, 3.63) is 22.5 Å². The molecular weight excluding hydrogens is 252 g/mol. The smallest absolute Gasteiger partial charge is 0.270 e. The number of aromatic nitrogens is 1. The fourth-order valence-electron chi connectivity index (χ4n) is 3.42. The fraction of sp³-hybridized carbons (Fsp3) is 0.625. The number of hydrogen-bond donors (Lipinski definition) is 1. The van der Waals surface area contributed by atoms with Crippen LogP contribution in [0, 0.1) is 13.8 Å². The van der Waals surface area contributed by atoms with Crippen LogP contribution in [0.25, 0.3) is 0 Å². The molecule has 1 aliphatic rings. The van der Waals surface area contributed by atoms with Crippen LogP contribution in [0.15, 0.2) is 0 Å². The molecule has 4 nitrogen and oxygen atoms in total. The number of Topliss-reactive ketones (excluding diaryl/α,β-unsaturated/α-hetero) is 1. The van der Waals surface area contributed by atoms with Crippen LogP contribution in [0.5, 0.6) is 0 Å². The lowest BCUT2D eigenvalue weighted by molar-refractivity contribution is 0.0687. The largest absolute Gasteiger partial charge is 0.354 e. The third kappa shape index (κ3) is 2.51. The molecule has 0 atom stereocenters. The molecule has 4 heteroatoms. The van der Waals surface area contributed by atoms with Crippen LogP contribution in [0.3, 0.4) is 0 Å². The van der Waals surface area contributed by atoms with Crippen molar-refractivity contribution >= 4 is 11.7 Å². The summed E-state index contributed by atoms with van der Waals surface area (Å²) in [7, 11) is 0. The lowest BCUT2D eigenvalue weighted by Crippen LogP contribution is -2.39. The molecule has 2 rings (SSSR count). The first-order chi connectivity index (χ1) is 9.47. The van der Waals surface area contributed by atoms with Crippen LogP contribution < -0.4 is 0 Å². The topological polar surface area (TPSA) is 53.2 Å².